The molecule has 1 fully saturated rings. The number of benzene rings is 1. The number of nitrogen functional groups attached to an aromatic ring is 1. The van der Waals surface area contributed by atoms with Gasteiger partial charge in [0.25, 0.3) is 0 Å². The number of nitrogens with two attached hydrogens (primary N) is 1. The predicted octanol–water partition coefficient (Wildman–Crippen LogP) is 2.68. The van der Waals surface area contributed by atoms with Crippen LogP contribution in [-0.4, -0.2) is 18.3 Å². The first-order chi connectivity index (χ1) is 8.56. The highest BCUT2D eigenvalue weighted by molar-refractivity contribution is 5.67. The van der Waals surface area contributed by atoms with Crippen molar-refractivity contribution in [2.75, 3.05) is 24.2 Å². The van der Waals surface area contributed by atoms with E-state index >= 15 is 0 Å². The fourth-order valence-corrected chi connectivity index (χ4v) is 2.65. The molecule has 1 saturated carbocycles. The highest BCUT2D eigenvalue weighted by Gasteiger charge is 2.33. The Morgan fingerprint density at radius 1 is 1.39 bits per heavy atom. The lowest BCUT2D eigenvalue weighted by Gasteiger charge is -2.27. The van der Waals surface area contributed by atoms with Crippen molar-refractivity contribution in [3.05, 3.63) is 23.5 Å². The fraction of sp³-hybridized carbons (Fsp3) is 0.571. The van der Waals surface area contributed by atoms with Gasteiger partial charge in [0.05, 0.1) is 18.0 Å². The molecule has 0 radical (unpaired) electrons. The van der Waals surface area contributed by atoms with Crippen LogP contribution in [0, 0.1) is 18.2 Å². The highest BCUT2D eigenvalue weighted by Crippen LogP contribution is 2.38. The first-order valence-electron chi connectivity index (χ1n) is 6.47. The minimum absolute atomic E-state index is 0.0330. The Morgan fingerprint density at radius 3 is 2.67 bits per heavy atom. The van der Waals surface area contributed by atoms with Crippen molar-refractivity contribution in [1.82, 2.24) is 0 Å². The van der Waals surface area contributed by atoms with Gasteiger partial charge < -0.3 is 16.2 Å². The van der Waals surface area contributed by atoms with Crippen LogP contribution >= 0.6 is 0 Å². The lowest BCUT2D eigenvalue weighted by atomic mass is 9.87. The second-order valence-electron chi connectivity index (χ2n) is 5.41. The number of aryl methyl sites for hydroxylation is 1. The van der Waals surface area contributed by atoms with E-state index in [1.807, 2.05) is 0 Å². The van der Waals surface area contributed by atoms with E-state index in [0.717, 1.165) is 18.5 Å². The molecule has 100 valence electrons. The molecule has 1 aromatic carbocycles. The maximum atomic E-state index is 13.3. The maximum absolute atomic E-state index is 13.3. The summed E-state index contributed by atoms with van der Waals surface area (Å²) in [6.45, 7) is 2.61. The molecule has 0 amide bonds. The second-order valence-corrected chi connectivity index (χ2v) is 5.41. The van der Waals surface area contributed by atoms with Crippen molar-refractivity contribution in [3.8, 4) is 0 Å². The zero-order chi connectivity index (χ0) is 13.2. The smallest absolute Gasteiger partial charge is 0.128 e. The molecule has 4 N–H and O–H groups in total. The fourth-order valence-electron chi connectivity index (χ4n) is 2.65. The Balaban J connectivity index is 2.08. The lowest BCUT2D eigenvalue weighted by molar-refractivity contribution is 0.142. The van der Waals surface area contributed by atoms with Crippen LogP contribution in [0.3, 0.4) is 0 Å². The number of halogens is 1. The molecule has 0 saturated heterocycles. The molecule has 1 aliphatic rings. The van der Waals surface area contributed by atoms with Gasteiger partial charge >= 0.3 is 0 Å². The molecule has 0 bridgehead atoms. The Hall–Kier alpha value is -1.29. The summed E-state index contributed by atoms with van der Waals surface area (Å²) < 4.78 is 13.3. The Morgan fingerprint density at radius 2 is 2.06 bits per heavy atom. The predicted molar refractivity (Wildman–Crippen MR) is 72.0 cm³/mol. The molecule has 18 heavy (non-hydrogen) atoms. The Bertz CT molecular complexity index is 428. The van der Waals surface area contributed by atoms with Crippen LogP contribution in [0.5, 0.6) is 0 Å². The SMILES string of the molecule is Cc1cc(NCC2(CO)CCCC2)c(N)cc1F. The van der Waals surface area contributed by atoms with Gasteiger partial charge in [0, 0.05) is 12.0 Å². The van der Waals surface area contributed by atoms with Gasteiger partial charge in [-0.15, -0.1) is 0 Å². The van der Waals surface area contributed by atoms with Crippen molar-refractivity contribution in [3.63, 3.8) is 0 Å². The number of rotatable bonds is 4. The van der Waals surface area contributed by atoms with Crippen molar-refractivity contribution in [2.45, 2.75) is 32.6 Å². The van der Waals surface area contributed by atoms with Crippen LogP contribution in [0.2, 0.25) is 0 Å². The molecular formula is C14H21FN2O. The summed E-state index contributed by atoms with van der Waals surface area (Å²) in [6.07, 6.45) is 4.41. The molecule has 0 heterocycles. The lowest BCUT2D eigenvalue weighted by Crippen LogP contribution is -2.30. The number of hydrogen-bond acceptors (Lipinski definition) is 3. The minimum Gasteiger partial charge on any atom is -0.397 e. The minimum atomic E-state index is -0.282. The third kappa shape index (κ3) is 2.58. The number of aliphatic hydroxyl groups is 1. The van der Waals surface area contributed by atoms with E-state index < -0.39 is 0 Å². The second kappa shape index (κ2) is 5.14. The molecule has 4 heteroatoms. The van der Waals surface area contributed by atoms with Crippen LogP contribution in [0.25, 0.3) is 0 Å². The van der Waals surface area contributed by atoms with Gasteiger partial charge in [-0.3, -0.25) is 0 Å². The Labute approximate surface area is 107 Å². The van der Waals surface area contributed by atoms with Gasteiger partial charge in [0.15, 0.2) is 0 Å². The molecule has 0 spiro atoms. The zero-order valence-electron chi connectivity index (χ0n) is 10.8. The van der Waals surface area contributed by atoms with Gasteiger partial charge in [-0.1, -0.05) is 12.8 Å². The molecule has 1 aromatic rings. The number of anilines is 2. The zero-order valence-corrected chi connectivity index (χ0v) is 10.8. The van der Waals surface area contributed by atoms with Crippen LogP contribution < -0.4 is 11.1 Å². The van der Waals surface area contributed by atoms with E-state index in [0.29, 0.717) is 17.8 Å². The summed E-state index contributed by atoms with van der Waals surface area (Å²) in [5.74, 6) is -0.282. The van der Waals surface area contributed by atoms with Crippen molar-refractivity contribution >= 4 is 11.4 Å². The van der Waals surface area contributed by atoms with E-state index in [1.54, 1.807) is 13.0 Å². The summed E-state index contributed by atoms with van der Waals surface area (Å²) in [7, 11) is 0. The van der Waals surface area contributed by atoms with E-state index in [1.165, 1.54) is 18.9 Å². The standard InChI is InChI=1S/C14H21FN2O/c1-10-6-13(12(16)7-11(10)15)17-8-14(9-18)4-2-3-5-14/h6-7,17-18H,2-5,8-9,16H2,1H3. The largest absolute Gasteiger partial charge is 0.397 e. The molecule has 3 nitrogen and oxygen atoms in total. The summed E-state index contributed by atoms with van der Waals surface area (Å²) in [6, 6.07) is 3.07. The van der Waals surface area contributed by atoms with Gasteiger partial charge in [-0.25, -0.2) is 4.39 Å². The van der Waals surface area contributed by atoms with Crippen LogP contribution in [-0.2, 0) is 0 Å². The first-order valence-corrected chi connectivity index (χ1v) is 6.47. The number of hydrogen-bond donors (Lipinski definition) is 3. The van der Waals surface area contributed by atoms with Gasteiger partial charge in [0.2, 0.25) is 0 Å². The van der Waals surface area contributed by atoms with Crippen LogP contribution in [0.1, 0.15) is 31.2 Å². The highest BCUT2D eigenvalue weighted by atomic mass is 19.1. The van der Waals surface area contributed by atoms with E-state index in [-0.39, 0.29) is 17.8 Å². The average Bonchev–Trinajstić information content (AvgIpc) is 2.82. The Kier molecular flexibility index (Phi) is 3.76. The average molecular weight is 252 g/mol. The molecule has 0 aliphatic heterocycles. The van der Waals surface area contributed by atoms with Crippen LogP contribution in [0.4, 0.5) is 15.8 Å². The summed E-state index contributed by atoms with van der Waals surface area (Å²) in [4.78, 5) is 0. The van der Waals surface area contributed by atoms with E-state index in [2.05, 4.69) is 5.32 Å². The maximum Gasteiger partial charge on any atom is 0.128 e. The molecule has 2 rings (SSSR count). The van der Waals surface area contributed by atoms with Crippen LogP contribution in [0.15, 0.2) is 12.1 Å². The number of nitrogens with one attached hydrogen (secondary N) is 1. The molecule has 0 aromatic heterocycles. The summed E-state index contributed by atoms with van der Waals surface area (Å²) in [5.41, 5.74) is 7.52. The van der Waals surface area contributed by atoms with E-state index in [9.17, 15) is 9.50 Å². The topological polar surface area (TPSA) is 58.3 Å². The molecular weight excluding hydrogens is 231 g/mol. The third-order valence-corrected chi connectivity index (χ3v) is 3.98. The van der Waals surface area contributed by atoms with Crippen molar-refractivity contribution in [2.24, 2.45) is 5.41 Å². The monoisotopic (exact) mass is 252 g/mol. The van der Waals surface area contributed by atoms with Gasteiger partial charge in [0.1, 0.15) is 5.82 Å². The summed E-state index contributed by atoms with van der Waals surface area (Å²) >= 11 is 0. The quantitative estimate of drug-likeness (QED) is 0.722. The normalized spacial score (nSPS) is 17.9. The molecule has 0 atom stereocenters. The molecule has 1 aliphatic carbocycles. The summed E-state index contributed by atoms with van der Waals surface area (Å²) in [5, 5.41) is 12.8. The van der Waals surface area contributed by atoms with E-state index in [4.69, 9.17) is 5.73 Å². The first kappa shape index (κ1) is 13.1. The number of aliphatic hydroxyl groups excluding tert-OH is 1. The van der Waals surface area contributed by atoms with Gasteiger partial charge in [-0.05, 0) is 37.5 Å². The van der Waals surface area contributed by atoms with Gasteiger partial charge in [-0.2, -0.15) is 0 Å². The molecule has 0 unspecified atom stereocenters. The third-order valence-electron chi connectivity index (χ3n) is 3.98. The van der Waals surface area contributed by atoms with Crippen molar-refractivity contribution < 1.29 is 9.50 Å². The van der Waals surface area contributed by atoms with Crippen molar-refractivity contribution in [1.29, 1.82) is 0 Å².